The Kier molecular flexibility index (Phi) is 4.51. The molecule has 21 heavy (non-hydrogen) atoms. The predicted molar refractivity (Wildman–Crippen MR) is 75.0 cm³/mol. The normalized spacial score (nSPS) is 20.7. The molecule has 1 aromatic rings. The first-order valence-electron chi connectivity index (χ1n) is 6.42. The molecular formula is C13H15ClF3N3O. The molecule has 0 aliphatic carbocycles. The Bertz CT molecular complexity index is 548. The van der Waals surface area contributed by atoms with E-state index < -0.39 is 12.1 Å². The molecule has 2 rings (SSSR count). The van der Waals surface area contributed by atoms with Crippen LogP contribution in [0.3, 0.4) is 0 Å². The van der Waals surface area contributed by atoms with Crippen LogP contribution >= 0.6 is 11.6 Å². The molecule has 1 unspecified atom stereocenters. The van der Waals surface area contributed by atoms with Crippen molar-refractivity contribution in [3.8, 4) is 0 Å². The van der Waals surface area contributed by atoms with Crippen molar-refractivity contribution in [3.05, 3.63) is 28.8 Å². The number of oxime groups is 1. The van der Waals surface area contributed by atoms with Gasteiger partial charge in [0.25, 0.3) is 0 Å². The fourth-order valence-corrected chi connectivity index (χ4v) is 2.74. The minimum atomic E-state index is -4.20. The maximum Gasteiger partial charge on any atom is 0.393 e. The summed E-state index contributed by atoms with van der Waals surface area (Å²) >= 11 is 6.11. The molecule has 1 aliphatic heterocycles. The van der Waals surface area contributed by atoms with Gasteiger partial charge in [-0.05, 0) is 31.0 Å². The number of hydrogen-bond acceptors (Lipinski definition) is 3. The molecule has 3 N–H and O–H groups in total. The van der Waals surface area contributed by atoms with Gasteiger partial charge < -0.3 is 15.8 Å². The Morgan fingerprint density at radius 2 is 2.14 bits per heavy atom. The van der Waals surface area contributed by atoms with Gasteiger partial charge in [-0.3, -0.25) is 0 Å². The summed E-state index contributed by atoms with van der Waals surface area (Å²) in [6, 6.07) is 4.63. The Hall–Kier alpha value is -1.63. The Morgan fingerprint density at radius 1 is 1.43 bits per heavy atom. The number of benzene rings is 1. The third kappa shape index (κ3) is 3.53. The van der Waals surface area contributed by atoms with E-state index in [2.05, 4.69) is 5.16 Å². The minimum absolute atomic E-state index is 0.102. The zero-order chi connectivity index (χ0) is 15.6. The van der Waals surface area contributed by atoms with E-state index in [4.69, 9.17) is 22.5 Å². The molecule has 1 heterocycles. The van der Waals surface area contributed by atoms with E-state index in [0.29, 0.717) is 24.2 Å². The summed E-state index contributed by atoms with van der Waals surface area (Å²) in [6.45, 7) is 0.418. The number of anilines is 1. The Morgan fingerprint density at radius 3 is 2.71 bits per heavy atom. The number of alkyl halides is 3. The van der Waals surface area contributed by atoms with Gasteiger partial charge in [0.05, 0.1) is 16.6 Å². The highest BCUT2D eigenvalue weighted by molar-refractivity contribution is 6.33. The van der Waals surface area contributed by atoms with Crippen LogP contribution in [0.2, 0.25) is 5.02 Å². The molecule has 4 nitrogen and oxygen atoms in total. The lowest BCUT2D eigenvalue weighted by Crippen LogP contribution is -2.41. The van der Waals surface area contributed by atoms with Crippen LogP contribution < -0.4 is 10.6 Å². The number of halogens is 4. The molecule has 0 radical (unpaired) electrons. The molecule has 1 fully saturated rings. The number of piperidine rings is 1. The van der Waals surface area contributed by atoms with Gasteiger partial charge in [0, 0.05) is 18.7 Å². The van der Waals surface area contributed by atoms with E-state index >= 15 is 0 Å². The van der Waals surface area contributed by atoms with Gasteiger partial charge in [-0.15, -0.1) is 0 Å². The summed E-state index contributed by atoms with van der Waals surface area (Å²) in [4.78, 5) is 1.63. The van der Waals surface area contributed by atoms with Gasteiger partial charge in [-0.2, -0.15) is 13.2 Å². The van der Waals surface area contributed by atoms with Crippen LogP contribution in [-0.2, 0) is 0 Å². The van der Waals surface area contributed by atoms with Crippen LogP contribution in [-0.4, -0.2) is 30.3 Å². The van der Waals surface area contributed by atoms with E-state index in [9.17, 15) is 13.2 Å². The Balaban J connectivity index is 2.22. The van der Waals surface area contributed by atoms with Crippen molar-refractivity contribution in [1.82, 2.24) is 0 Å². The molecule has 116 valence electrons. The minimum Gasteiger partial charge on any atom is -0.409 e. The smallest absolute Gasteiger partial charge is 0.393 e. The summed E-state index contributed by atoms with van der Waals surface area (Å²) in [5.74, 6) is -1.44. The van der Waals surface area contributed by atoms with Gasteiger partial charge in [-0.1, -0.05) is 16.8 Å². The summed E-state index contributed by atoms with van der Waals surface area (Å²) in [7, 11) is 0. The van der Waals surface area contributed by atoms with Crippen molar-refractivity contribution >= 4 is 23.1 Å². The second kappa shape index (κ2) is 6.01. The third-order valence-corrected chi connectivity index (χ3v) is 3.88. The molecule has 1 saturated heterocycles. The molecule has 8 heteroatoms. The quantitative estimate of drug-likeness (QED) is 0.380. The maximum atomic E-state index is 12.8. The number of nitrogens with zero attached hydrogens (tertiary/aromatic N) is 2. The Labute approximate surface area is 125 Å². The second-order valence-corrected chi connectivity index (χ2v) is 5.39. The highest BCUT2D eigenvalue weighted by Gasteiger charge is 2.42. The third-order valence-electron chi connectivity index (χ3n) is 3.58. The first-order valence-corrected chi connectivity index (χ1v) is 6.80. The molecule has 1 aromatic carbocycles. The highest BCUT2D eigenvalue weighted by atomic mass is 35.5. The lowest BCUT2D eigenvalue weighted by molar-refractivity contribution is -0.175. The van der Waals surface area contributed by atoms with Crippen LogP contribution in [0.4, 0.5) is 18.9 Å². The molecule has 0 bridgehead atoms. The fraction of sp³-hybridized carbons (Fsp3) is 0.462. The van der Waals surface area contributed by atoms with Gasteiger partial charge in [0.1, 0.15) is 0 Å². The van der Waals surface area contributed by atoms with E-state index in [-0.39, 0.29) is 23.8 Å². The fourth-order valence-electron chi connectivity index (χ4n) is 2.44. The molecule has 0 aromatic heterocycles. The first-order chi connectivity index (χ1) is 9.82. The van der Waals surface area contributed by atoms with Crippen LogP contribution in [0, 0.1) is 5.92 Å². The number of amidine groups is 1. The van der Waals surface area contributed by atoms with Crippen molar-refractivity contribution in [3.63, 3.8) is 0 Å². The number of nitrogens with two attached hydrogens (primary N) is 1. The summed E-state index contributed by atoms with van der Waals surface area (Å²) in [6.07, 6.45) is -3.60. The largest absolute Gasteiger partial charge is 0.409 e. The average Bonchev–Trinajstić information content (AvgIpc) is 2.45. The second-order valence-electron chi connectivity index (χ2n) is 4.98. The zero-order valence-electron chi connectivity index (χ0n) is 11.1. The monoisotopic (exact) mass is 321 g/mol. The topological polar surface area (TPSA) is 61.9 Å². The lowest BCUT2D eigenvalue weighted by atomic mass is 9.97. The van der Waals surface area contributed by atoms with Crippen molar-refractivity contribution in [2.24, 2.45) is 16.8 Å². The predicted octanol–water partition coefficient (Wildman–Crippen LogP) is 3.21. The SMILES string of the molecule is NC(=NO)c1ccc(N2CCCC(C(F)(F)F)C2)c(Cl)c1. The summed E-state index contributed by atoms with van der Waals surface area (Å²) in [5.41, 5.74) is 6.39. The lowest BCUT2D eigenvalue weighted by Gasteiger charge is -2.35. The standard InChI is InChI=1S/C13H15ClF3N3O/c14-10-6-8(12(18)19-21)3-4-11(10)20-5-1-2-9(7-20)13(15,16)17/h3-4,6,9,21H,1-2,5,7H2,(H2,18,19). The van der Waals surface area contributed by atoms with Crippen molar-refractivity contribution in [2.45, 2.75) is 19.0 Å². The average molecular weight is 322 g/mol. The number of hydrogen-bond donors (Lipinski definition) is 2. The molecular weight excluding hydrogens is 307 g/mol. The van der Waals surface area contributed by atoms with Crippen molar-refractivity contribution in [2.75, 3.05) is 18.0 Å². The van der Waals surface area contributed by atoms with Crippen LogP contribution in [0.15, 0.2) is 23.4 Å². The molecule has 1 atom stereocenters. The van der Waals surface area contributed by atoms with E-state index in [0.717, 1.165) is 0 Å². The van der Waals surface area contributed by atoms with Crippen LogP contribution in [0.5, 0.6) is 0 Å². The maximum absolute atomic E-state index is 12.8. The van der Waals surface area contributed by atoms with Crippen molar-refractivity contribution < 1.29 is 18.4 Å². The summed E-state index contributed by atoms with van der Waals surface area (Å²) in [5, 5.41) is 11.7. The van der Waals surface area contributed by atoms with E-state index in [1.807, 2.05) is 0 Å². The van der Waals surface area contributed by atoms with E-state index in [1.54, 1.807) is 17.0 Å². The van der Waals surface area contributed by atoms with Crippen molar-refractivity contribution in [1.29, 1.82) is 0 Å². The van der Waals surface area contributed by atoms with Crippen LogP contribution in [0.1, 0.15) is 18.4 Å². The molecule has 1 aliphatic rings. The van der Waals surface area contributed by atoms with E-state index in [1.165, 1.54) is 6.07 Å². The van der Waals surface area contributed by atoms with Gasteiger partial charge in [0.15, 0.2) is 5.84 Å². The first kappa shape index (κ1) is 15.8. The molecule has 0 saturated carbocycles. The highest BCUT2D eigenvalue weighted by Crippen LogP contribution is 2.36. The van der Waals surface area contributed by atoms with Crippen LogP contribution in [0.25, 0.3) is 0 Å². The van der Waals surface area contributed by atoms with Gasteiger partial charge in [0.2, 0.25) is 0 Å². The van der Waals surface area contributed by atoms with Gasteiger partial charge in [-0.25, -0.2) is 0 Å². The number of rotatable bonds is 2. The molecule has 0 spiro atoms. The molecule has 0 amide bonds. The summed E-state index contributed by atoms with van der Waals surface area (Å²) < 4.78 is 38.5. The zero-order valence-corrected chi connectivity index (χ0v) is 11.8. The van der Waals surface area contributed by atoms with Gasteiger partial charge >= 0.3 is 6.18 Å².